The second-order valence-electron chi connectivity index (χ2n) is 17.4. The lowest BCUT2D eigenvalue weighted by Crippen LogP contribution is -2.30. The van der Waals surface area contributed by atoms with Crippen molar-refractivity contribution in [3.8, 4) is 0 Å². The van der Waals surface area contributed by atoms with E-state index < -0.39 is 12.1 Å². The van der Waals surface area contributed by atoms with Crippen molar-refractivity contribution in [1.82, 2.24) is 0 Å². The Labute approximate surface area is 389 Å². The van der Waals surface area contributed by atoms with Crippen LogP contribution in [0.25, 0.3) is 0 Å². The summed E-state index contributed by atoms with van der Waals surface area (Å²) in [5, 5.41) is 0. The predicted octanol–water partition coefficient (Wildman–Crippen LogP) is 17.4. The Balaban J connectivity index is 4.34. The summed E-state index contributed by atoms with van der Waals surface area (Å²) in [6, 6.07) is 0. The number of esters is 3. The first kappa shape index (κ1) is 59.9. The zero-order valence-electron chi connectivity index (χ0n) is 41.3. The maximum Gasteiger partial charge on any atom is 0.309 e. The molecule has 0 radical (unpaired) electrons. The third kappa shape index (κ3) is 49.7. The summed E-state index contributed by atoms with van der Waals surface area (Å²) in [7, 11) is 0. The molecule has 0 spiro atoms. The van der Waals surface area contributed by atoms with E-state index in [1.165, 1.54) is 154 Å². The van der Waals surface area contributed by atoms with Crippen LogP contribution >= 0.6 is 0 Å². The van der Waals surface area contributed by atoms with Crippen LogP contribution in [-0.2, 0) is 28.6 Å². The highest BCUT2D eigenvalue weighted by Gasteiger charge is 2.19. The van der Waals surface area contributed by atoms with Crippen LogP contribution in [0.15, 0.2) is 72.9 Å². The van der Waals surface area contributed by atoms with Crippen LogP contribution in [-0.4, -0.2) is 37.2 Å². The highest BCUT2D eigenvalue weighted by atomic mass is 16.6. The zero-order chi connectivity index (χ0) is 45.8. The fourth-order valence-corrected chi connectivity index (χ4v) is 7.25. The van der Waals surface area contributed by atoms with E-state index in [0.29, 0.717) is 12.8 Å². The summed E-state index contributed by atoms with van der Waals surface area (Å²) < 4.78 is 16.7. The molecular weight excluding hydrogens is 781 g/mol. The minimum absolute atomic E-state index is 0.105. The van der Waals surface area contributed by atoms with Gasteiger partial charge in [-0.2, -0.15) is 0 Å². The maximum atomic E-state index is 12.8. The number of carbonyl (C=O) groups excluding carboxylic acids is 3. The molecule has 1 unspecified atom stereocenters. The molecule has 0 rings (SSSR count). The van der Waals surface area contributed by atoms with Crippen molar-refractivity contribution >= 4 is 17.9 Å². The fraction of sp³-hybridized carbons (Fsp3) is 0.737. The van der Waals surface area contributed by atoms with Gasteiger partial charge in [0, 0.05) is 12.8 Å². The van der Waals surface area contributed by atoms with Crippen molar-refractivity contribution in [1.29, 1.82) is 0 Å². The van der Waals surface area contributed by atoms with E-state index in [9.17, 15) is 14.4 Å². The lowest BCUT2D eigenvalue weighted by atomic mass is 10.1. The maximum absolute atomic E-state index is 12.8. The molecule has 0 aliphatic heterocycles. The van der Waals surface area contributed by atoms with Crippen LogP contribution in [0.1, 0.15) is 252 Å². The second-order valence-corrected chi connectivity index (χ2v) is 17.4. The molecule has 0 fully saturated rings. The van der Waals surface area contributed by atoms with Crippen LogP contribution in [0.2, 0.25) is 0 Å². The van der Waals surface area contributed by atoms with E-state index in [1.807, 2.05) is 6.08 Å². The molecule has 1 atom stereocenters. The van der Waals surface area contributed by atoms with Crippen LogP contribution in [0.4, 0.5) is 0 Å². The van der Waals surface area contributed by atoms with E-state index in [1.54, 1.807) is 6.08 Å². The Bertz CT molecular complexity index is 1190. The van der Waals surface area contributed by atoms with Crippen LogP contribution < -0.4 is 0 Å². The van der Waals surface area contributed by atoms with Gasteiger partial charge in [-0.3, -0.25) is 14.4 Å². The average molecular weight is 879 g/mol. The molecular formula is C57H98O6. The van der Waals surface area contributed by atoms with E-state index in [-0.39, 0.29) is 31.6 Å². The quantitative estimate of drug-likeness (QED) is 0.0199. The van der Waals surface area contributed by atoms with E-state index in [2.05, 4.69) is 81.5 Å². The van der Waals surface area contributed by atoms with Crippen molar-refractivity contribution in [2.24, 2.45) is 0 Å². The van der Waals surface area contributed by atoms with E-state index >= 15 is 0 Å². The van der Waals surface area contributed by atoms with Gasteiger partial charge in [-0.1, -0.05) is 222 Å². The van der Waals surface area contributed by atoms with Crippen LogP contribution in [0.3, 0.4) is 0 Å². The van der Waals surface area contributed by atoms with Crippen molar-refractivity contribution in [3.63, 3.8) is 0 Å². The van der Waals surface area contributed by atoms with Gasteiger partial charge >= 0.3 is 17.9 Å². The zero-order valence-corrected chi connectivity index (χ0v) is 41.3. The lowest BCUT2D eigenvalue weighted by Gasteiger charge is -2.18. The molecule has 0 amide bonds. The smallest absolute Gasteiger partial charge is 0.309 e. The number of allylic oxidation sites excluding steroid dienone is 11. The highest BCUT2D eigenvalue weighted by molar-refractivity contribution is 5.72. The van der Waals surface area contributed by atoms with Crippen molar-refractivity contribution in [2.75, 3.05) is 13.2 Å². The summed E-state index contributed by atoms with van der Waals surface area (Å²) in [4.78, 5) is 37.9. The van der Waals surface area contributed by atoms with Gasteiger partial charge in [0.1, 0.15) is 13.2 Å². The molecule has 0 aromatic heterocycles. The van der Waals surface area contributed by atoms with E-state index in [0.717, 1.165) is 57.8 Å². The standard InChI is InChI=1S/C57H98O6/c1-4-7-10-13-16-19-21-23-25-27-28-30-31-33-35-38-41-44-47-50-56(59)62-53-54(52-61-55(58)49-46-43-40-37-18-15-12-9-6-3)63-57(60)51-48-45-42-39-36-34-32-29-26-24-22-20-17-14-11-8-5-2/h9,12,16,18-19,21,23-24,26,37,43,46,54H,4-8,10-11,13-15,17,20,22,25,27-36,38-42,44-45,47-53H2,1-3H3/b12-9-,19-16-,23-21-,26-24-,37-18-,46-43-. The second kappa shape index (κ2) is 51.5. The monoisotopic (exact) mass is 879 g/mol. The molecule has 0 N–H and O–H groups in total. The molecule has 362 valence electrons. The van der Waals surface area contributed by atoms with Crippen molar-refractivity contribution in [2.45, 2.75) is 258 Å². The summed E-state index contributed by atoms with van der Waals surface area (Å²) in [6.45, 7) is 6.39. The van der Waals surface area contributed by atoms with Crippen molar-refractivity contribution < 1.29 is 28.6 Å². The van der Waals surface area contributed by atoms with Gasteiger partial charge in [0.2, 0.25) is 0 Å². The van der Waals surface area contributed by atoms with E-state index in [4.69, 9.17) is 14.2 Å². The number of hydrogen-bond donors (Lipinski definition) is 0. The molecule has 0 aliphatic carbocycles. The number of unbranched alkanes of at least 4 members (excludes halogenated alkanes) is 26. The molecule has 63 heavy (non-hydrogen) atoms. The third-order valence-electron chi connectivity index (χ3n) is 11.2. The Hall–Kier alpha value is -3.15. The summed E-state index contributed by atoms with van der Waals surface area (Å²) in [5.74, 6) is -1.04. The molecule has 6 nitrogen and oxygen atoms in total. The van der Waals surface area contributed by atoms with Gasteiger partial charge in [0.05, 0.1) is 6.42 Å². The number of ether oxygens (including phenoxy) is 3. The van der Waals surface area contributed by atoms with Gasteiger partial charge in [-0.25, -0.2) is 0 Å². The minimum atomic E-state index is -0.813. The van der Waals surface area contributed by atoms with Gasteiger partial charge < -0.3 is 14.2 Å². The molecule has 0 aliphatic rings. The lowest BCUT2D eigenvalue weighted by molar-refractivity contribution is -0.166. The topological polar surface area (TPSA) is 78.9 Å². The number of carbonyl (C=O) groups is 3. The van der Waals surface area contributed by atoms with Gasteiger partial charge in [0.15, 0.2) is 6.10 Å². The summed E-state index contributed by atoms with van der Waals surface area (Å²) in [6.07, 6.45) is 65.0. The first-order valence-electron chi connectivity index (χ1n) is 26.5. The third-order valence-corrected chi connectivity index (χ3v) is 11.2. The molecule has 6 heteroatoms. The highest BCUT2D eigenvalue weighted by Crippen LogP contribution is 2.15. The summed E-state index contributed by atoms with van der Waals surface area (Å²) >= 11 is 0. The Morgan fingerprint density at radius 1 is 0.365 bits per heavy atom. The Morgan fingerprint density at radius 2 is 0.730 bits per heavy atom. The van der Waals surface area contributed by atoms with Crippen LogP contribution in [0.5, 0.6) is 0 Å². The molecule has 0 saturated heterocycles. The van der Waals surface area contributed by atoms with Crippen molar-refractivity contribution in [3.05, 3.63) is 72.9 Å². The van der Waals surface area contributed by atoms with Crippen LogP contribution in [0, 0.1) is 0 Å². The SMILES string of the molecule is CC/C=C\C/C=C\C/C=C\CC(=O)OCC(COC(=O)CCCCCCCCCCCC/C=C\C=C/CCCCC)OC(=O)CCCCCCCCC/C=C\CCCCCCCC. The van der Waals surface area contributed by atoms with Gasteiger partial charge in [-0.15, -0.1) is 0 Å². The van der Waals surface area contributed by atoms with Gasteiger partial charge in [0.25, 0.3) is 0 Å². The largest absolute Gasteiger partial charge is 0.462 e. The molecule has 0 aromatic carbocycles. The predicted molar refractivity (Wildman–Crippen MR) is 270 cm³/mol. The number of rotatable bonds is 47. The first-order chi connectivity index (χ1) is 31.0. The molecule has 0 aromatic rings. The minimum Gasteiger partial charge on any atom is -0.462 e. The summed E-state index contributed by atoms with van der Waals surface area (Å²) in [5.41, 5.74) is 0. The molecule has 0 heterocycles. The molecule has 0 bridgehead atoms. The Kier molecular flexibility index (Phi) is 48.9. The first-order valence-corrected chi connectivity index (χ1v) is 26.5. The molecule has 0 saturated carbocycles. The van der Waals surface area contributed by atoms with Gasteiger partial charge in [-0.05, 0) is 83.5 Å². The Morgan fingerprint density at radius 3 is 1.22 bits per heavy atom. The average Bonchev–Trinajstić information content (AvgIpc) is 3.28. The number of hydrogen-bond acceptors (Lipinski definition) is 6. The normalized spacial score (nSPS) is 12.6. The fourth-order valence-electron chi connectivity index (χ4n) is 7.25.